The van der Waals surface area contributed by atoms with Crippen molar-refractivity contribution in [1.82, 2.24) is 0 Å². The van der Waals surface area contributed by atoms with E-state index >= 15 is 0 Å². The quantitative estimate of drug-likeness (QED) is 0.736. The lowest BCUT2D eigenvalue weighted by atomic mass is 10.1. The second-order valence-electron chi connectivity index (χ2n) is 5.01. The van der Waals surface area contributed by atoms with Gasteiger partial charge in [-0.15, -0.1) is 0 Å². The van der Waals surface area contributed by atoms with Crippen molar-refractivity contribution in [3.8, 4) is 0 Å². The van der Waals surface area contributed by atoms with Crippen molar-refractivity contribution >= 4 is 0 Å². The van der Waals surface area contributed by atoms with Crippen molar-refractivity contribution in [3.05, 3.63) is 35.9 Å². The van der Waals surface area contributed by atoms with Crippen molar-refractivity contribution in [2.75, 3.05) is 13.2 Å². The predicted octanol–water partition coefficient (Wildman–Crippen LogP) is 1.49. The first-order chi connectivity index (χ1) is 8.63. The number of hydrogen-bond acceptors (Lipinski definition) is 2. The van der Waals surface area contributed by atoms with E-state index in [4.69, 9.17) is 4.74 Å². The number of aliphatic hydroxyl groups excluding tert-OH is 1. The van der Waals surface area contributed by atoms with Gasteiger partial charge in [-0.3, -0.25) is 0 Å². The third-order valence-corrected chi connectivity index (χ3v) is 2.91. The van der Waals surface area contributed by atoms with Gasteiger partial charge in [0.2, 0.25) is 0 Å². The summed E-state index contributed by atoms with van der Waals surface area (Å²) in [4.78, 5) is 0. The second kappa shape index (κ2) is 8.25. The highest BCUT2D eigenvalue weighted by Crippen LogP contribution is 2.20. The SMILES string of the molecule is CC[C@H](OC[C@@H](O)C[NH2+]C(C)C)c1ccccc1. The zero-order chi connectivity index (χ0) is 13.4. The molecular formula is C15H26NO2+. The molecule has 0 radical (unpaired) electrons. The van der Waals surface area contributed by atoms with Crippen molar-refractivity contribution < 1.29 is 15.2 Å². The lowest BCUT2D eigenvalue weighted by Crippen LogP contribution is -2.90. The Morgan fingerprint density at radius 2 is 1.89 bits per heavy atom. The lowest BCUT2D eigenvalue weighted by Gasteiger charge is -2.19. The first-order valence-electron chi connectivity index (χ1n) is 6.81. The summed E-state index contributed by atoms with van der Waals surface area (Å²) in [6.07, 6.45) is 0.607. The van der Waals surface area contributed by atoms with E-state index in [0.29, 0.717) is 19.2 Å². The molecule has 0 aliphatic rings. The van der Waals surface area contributed by atoms with Gasteiger partial charge in [0.05, 0.1) is 18.8 Å². The molecule has 3 N–H and O–H groups in total. The van der Waals surface area contributed by atoms with E-state index < -0.39 is 6.10 Å². The van der Waals surface area contributed by atoms with E-state index in [2.05, 4.69) is 38.2 Å². The van der Waals surface area contributed by atoms with E-state index in [0.717, 1.165) is 6.42 Å². The van der Waals surface area contributed by atoms with Crippen molar-refractivity contribution in [1.29, 1.82) is 0 Å². The number of rotatable bonds is 8. The van der Waals surface area contributed by atoms with Gasteiger partial charge in [0.15, 0.2) is 0 Å². The summed E-state index contributed by atoms with van der Waals surface area (Å²) in [5.74, 6) is 0. The zero-order valence-corrected chi connectivity index (χ0v) is 11.7. The first kappa shape index (κ1) is 15.2. The maximum atomic E-state index is 9.83. The molecular weight excluding hydrogens is 226 g/mol. The summed E-state index contributed by atoms with van der Waals surface area (Å²) in [7, 11) is 0. The normalized spacial score (nSPS) is 14.7. The Balaban J connectivity index is 2.36. The molecule has 1 rings (SSSR count). The Bertz CT molecular complexity index is 314. The van der Waals surface area contributed by atoms with Crippen LogP contribution in [0.15, 0.2) is 30.3 Å². The van der Waals surface area contributed by atoms with E-state index in [-0.39, 0.29) is 6.10 Å². The van der Waals surface area contributed by atoms with Gasteiger partial charge < -0.3 is 15.2 Å². The fourth-order valence-corrected chi connectivity index (χ4v) is 1.84. The Morgan fingerprint density at radius 3 is 2.44 bits per heavy atom. The number of benzene rings is 1. The number of aliphatic hydroxyl groups is 1. The molecule has 3 nitrogen and oxygen atoms in total. The summed E-state index contributed by atoms with van der Waals surface area (Å²) < 4.78 is 5.80. The molecule has 0 saturated carbocycles. The predicted molar refractivity (Wildman–Crippen MR) is 73.4 cm³/mol. The summed E-state index contributed by atoms with van der Waals surface area (Å²) in [6, 6.07) is 10.7. The van der Waals surface area contributed by atoms with Crippen molar-refractivity contribution in [2.24, 2.45) is 0 Å². The van der Waals surface area contributed by atoms with E-state index in [1.807, 2.05) is 18.2 Å². The van der Waals surface area contributed by atoms with Gasteiger partial charge in [-0.25, -0.2) is 0 Å². The van der Waals surface area contributed by atoms with Gasteiger partial charge >= 0.3 is 0 Å². The molecule has 3 heteroatoms. The van der Waals surface area contributed by atoms with Gasteiger partial charge in [-0.2, -0.15) is 0 Å². The Morgan fingerprint density at radius 1 is 1.22 bits per heavy atom. The first-order valence-corrected chi connectivity index (χ1v) is 6.81. The average Bonchev–Trinajstić information content (AvgIpc) is 2.38. The van der Waals surface area contributed by atoms with Crippen LogP contribution in [0.3, 0.4) is 0 Å². The fourth-order valence-electron chi connectivity index (χ4n) is 1.84. The van der Waals surface area contributed by atoms with Crippen molar-refractivity contribution in [2.45, 2.75) is 45.4 Å². The molecule has 0 spiro atoms. The van der Waals surface area contributed by atoms with Crippen LogP contribution >= 0.6 is 0 Å². The monoisotopic (exact) mass is 252 g/mol. The van der Waals surface area contributed by atoms with Crippen LogP contribution in [0.5, 0.6) is 0 Å². The maximum absolute atomic E-state index is 9.83. The third-order valence-electron chi connectivity index (χ3n) is 2.91. The minimum atomic E-state index is -0.398. The Hall–Kier alpha value is -0.900. The van der Waals surface area contributed by atoms with E-state index in [1.54, 1.807) is 0 Å². The number of hydrogen-bond donors (Lipinski definition) is 2. The van der Waals surface area contributed by atoms with Gasteiger partial charge in [0.25, 0.3) is 0 Å². The largest absolute Gasteiger partial charge is 0.385 e. The minimum Gasteiger partial charge on any atom is -0.385 e. The zero-order valence-electron chi connectivity index (χ0n) is 11.7. The molecule has 0 aliphatic heterocycles. The molecule has 0 saturated heterocycles. The molecule has 0 heterocycles. The summed E-state index contributed by atoms with van der Waals surface area (Å²) in [5.41, 5.74) is 1.18. The third kappa shape index (κ3) is 5.63. The van der Waals surface area contributed by atoms with Crippen LogP contribution in [0.2, 0.25) is 0 Å². The van der Waals surface area contributed by atoms with Crippen molar-refractivity contribution in [3.63, 3.8) is 0 Å². The van der Waals surface area contributed by atoms with E-state index in [9.17, 15) is 5.11 Å². The Kier molecular flexibility index (Phi) is 6.94. The minimum absolute atomic E-state index is 0.0832. The lowest BCUT2D eigenvalue weighted by molar-refractivity contribution is -0.688. The molecule has 18 heavy (non-hydrogen) atoms. The fraction of sp³-hybridized carbons (Fsp3) is 0.600. The van der Waals surface area contributed by atoms with Crippen LogP contribution in [0.4, 0.5) is 0 Å². The Labute approximate surface area is 110 Å². The van der Waals surface area contributed by atoms with Crippen LogP contribution in [0, 0.1) is 0 Å². The number of quaternary nitrogens is 1. The molecule has 0 unspecified atom stereocenters. The average molecular weight is 252 g/mol. The molecule has 0 aliphatic carbocycles. The van der Waals surface area contributed by atoms with Crippen LogP contribution in [0.25, 0.3) is 0 Å². The highest BCUT2D eigenvalue weighted by Gasteiger charge is 2.13. The van der Waals surface area contributed by atoms with Crippen LogP contribution in [-0.4, -0.2) is 30.4 Å². The molecule has 0 fully saturated rings. The van der Waals surface area contributed by atoms with Crippen LogP contribution in [0.1, 0.15) is 38.9 Å². The number of nitrogens with two attached hydrogens (primary N) is 1. The molecule has 2 atom stereocenters. The molecule has 0 bridgehead atoms. The molecule has 0 amide bonds. The highest BCUT2D eigenvalue weighted by molar-refractivity contribution is 5.17. The molecule has 102 valence electrons. The summed E-state index contributed by atoms with van der Waals surface area (Å²) >= 11 is 0. The summed E-state index contributed by atoms with van der Waals surface area (Å²) in [5, 5.41) is 12.0. The standard InChI is InChI=1S/C15H25NO2/c1-4-15(13-8-6-5-7-9-13)18-11-14(17)10-16-12(2)3/h5-9,12,14-17H,4,10-11H2,1-3H3/p+1/t14-,15-/m0/s1. The van der Waals surface area contributed by atoms with Crippen LogP contribution in [-0.2, 0) is 4.74 Å². The molecule has 1 aromatic carbocycles. The second-order valence-corrected chi connectivity index (χ2v) is 5.01. The smallest absolute Gasteiger partial charge is 0.126 e. The van der Waals surface area contributed by atoms with Gasteiger partial charge in [0.1, 0.15) is 12.6 Å². The maximum Gasteiger partial charge on any atom is 0.126 e. The number of ether oxygens (including phenoxy) is 1. The highest BCUT2D eigenvalue weighted by atomic mass is 16.5. The van der Waals surface area contributed by atoms with Gasteiger partial charge in [0, 0.05) is 0 Å². The van der Waals surface area contributed by atoms with Gasteiger partial charge in [-0.1, -0.05) is 37.3 Å². The topological polar surface area (TPSA) is 46.1 Å². The van der Waals surface area contributed by atoms with Crippen LogP contribution < -0.4 is 5.32 Å². The summed E-state index contributed by atoms with van der Waals surface area (Å²) in [6.45, 7) is 7.43. The molecule has 0 aromatic heterocycles. The molecule has 1 aromatic rings. The van der Waals surface area contributed by atoms with Gasteiger partial charge in [-0.05, 0) is 25.8 Å². The van der Waals surface area contributed by atoms with E-state index in [1.165, 1.54) is 5.56 Å².